The molecule has 4 aromatic rings. The minimum absolute atomic E-state index is 0.146. The summed E-state index contributed by atoms with van der Waals surface area (Å²) in [5.41, 5.74) is 1.08. The number of hydrogen-bond acceptors (Lipinski definition) is 8. The maximum Gasteiger partial charge on any atom is 0.341 e. The first-order valence-electron chi connectivity index (χ1n) is 9.64. The van der Waals surface area contributed by atoms with E-state index in [0.717, 1.165) is 4.90 Å². The average molecular weight is 433 g/mol. The van der Waals surface area contributed by atoms with E-state index >= 15 is 0 Å². The normalized spacial score (nSPS) is 10.6. The quantitative estimate of drug-likeness (QED) is 0.357. The zero-order valence-corrected chi connectivity index (χ0v) is 17.5. The molecule has 0 atom stereocenters. The van der Waals surface area contributed by atoms with Crippen molar-refractivity contribution in [3.63, 3.8) is 0 Å². The minimum atomic E-state index is -0.513. The molecular formula is C23H19N3O4S. The molecule has 0 bridgehead atoms. The molecule has 0 unspecified atom stereocenters. The lowest BCUT2D eigenvalue weighted by atomic mass is 10.2. The molecule has 7 nitrogen and oxygen atoms in total. The summed E-state index contributed by atoms with van der Waals surface area (Å²) in [5.74, 6) is 0.709. The van der Waals surface area contributed by atoms with Crippen LogP contribution in [0.15, 0.2) is 87.4 Å². The molecule has 2 aromatic heterocycles. The third kappa shape index (κ3) is 5.10. The summed E-state index contributed by atoms with van der Waals surface area (Å²) in [7, 11) is 0. The lowest BCUT2D eigenvalue weighted by Gasteiger charge is -2.07. The summed E-state index contributed by atoms with van der Waals surface area (Å²) in [6.07, 6.45) is 1.64. The van der Waals surface area contributed by atoms with Crippen LogP contribution in [-0.2, 0) is 11.3 Å². The maximum atomic E-state index is 12.7. The second-order valence-corrected chi connectivity index (χ2v) is 7.35. The molecular weight excluding hydrogens is 414 g/mol. The second-order valence-electron chi connectivity index (χ2n) is 6.29. The molecule has 2 aromatic carbocycles. The van der Waals surface area contributed by atoms with Crippen molar-refractivity contribution in [2.45, 2.75) is 23.5 Å². The number of pyridine rings is 1. The Morgan fingerprint density at radius 1 is 1.03 bits per heavy atom. The van der Waals surface area contributed by atoms with Crippen LogP contribution < -0.4 is 4.74 Å². The van der Waals surface area contributed by atoms with Gasteiger partial charge in [-0.2, -0.15) is 4.98 Å². The Bertz CT molecular complexity index is 1160. The molecule has 156 valence electrons. The number of nitrogens with zero attached hydrogens (tertiary/aromatic N) is 3. The molecule has 0 aliphatic rings. The Labute approximate surface area is 183 Å². The van der Waals surface area contributed by atoms with Crippen molar-refractivity contribution in [3.05, 3.63) is 84.4 Å². The molecule has 0 spiro atoms. The summed E-state index contributed by atoms with van der Waals surface area (Å²) in [6.45, 7) is 2.28. The van der Waals surface area contributed by atoms with Gasteiger partial charge < -0.3 is 14.0 Å². The van der Waals surface area contributed by atoms with Crippen molar-refractivity contribution < 1.29 is 18.8 Å². The van der Waals surface area contributed by atoms with Gasteiger partial charge in [-0.15, -0.1) is 0 Å². The third-order valence-electron chi connectivity index (χ3n) is 4.17. The van der Waals surface area contributed by atoms with E-state index in [2.05, 4.69) is 15.1 Å². The maximum absolute atomic E-state index is 12.7. The largest absolute Gasteiger partial charge is 0.493 e. The van der Waals surface area contributed by atoms with E-state index in [1.54, 1.807) is 18.3 Å². The van der Waals surface area contributed by atoms with Crippen LogP contribution in [0.5, 0.6) is 5.75 Å². The molecule has 0 aliphatic heterocycles. The summed E-state index contributed by atoms with van der Waals surface area (Å²) in [4.78, 5) is 22.3. The van der Waals surface area contributed by atoms with Crippen LogP contribution in [0.2, 0.25) is 0 Å². The Morgan fingerprint density at radius 2 is 1.84 bits per heavy atom. The zero-order chi connectivity index (χ0) is 21.5. The van der Waals surface area contributed by atoms with E-state index in [1.807, 2.05) is 61.5 Å². The van der Waals surface area contributed by atoms with Crippen molar-refractivity contribution >= 4 is 17.7 Å². The van der Waals surface area contributed by atoms with Crippen molar-refractivity contribution in [1.29, 1.82) is 0 Å². The zero-order valence-electron chi connectivity index (χ0n) is 16.7. The van der Waals surface area contributed by atoms with Gasteiger partial charge >= 0.3 is 5.97 Å². The average Bonchev–Trinajstić information content (AvgIpc) is 3.28. The fraction of sp³-hybridized carbons (Fsp3) is 0.130. The van der Waals surface area contributed by atoms with E-state index in [-0.39, 0.29) is 12.5 Å². The summed E-state index contributed by atoms with van der Waals surface area (Å²) >= 11 is 1.39. The molecule has 2 heterocycles. The van der Waals surface area contributed by atoms with Gasteiger partial charge in [-0.25, -0.2) is 9.78 Å². The molecule has 0 amide bonds. The minimum Gasteiger partial charge on any atom is -0.493 e. The van der Waals surface area contributed by atoms with Crippen molar-refractivity contribution in [3.8, 4) is 17.1 Å². The van der Waals surface area contributed by atoms with Crippen LogP contribution in [-0.4, -0.2) is 27.7 Å². The Hall–Kier alpha value is -3.65. The van der Waals surface area contributed by atoms with E-state index in [0.29, 0.717) is 34.3 Å². The van der Waals surface area contributed by atoms with Gasteiger partial charge in [0.2, 0.25) is 5.82 Å². The van der Waals surface area contributed by atoms with Gasteiger partial charge in [-0.1, -0.05) is 47.3 Å². The first-order chi connectivity index (χ1) is 15.2. The predicted octanol–water partition coefficient (Wildman–Crippen LogP) is 5.04. The predicted molar refractivity (Wildman–Crippen MR) is 115 cm³/mol. The van der Waals surface area contributed by atoms with E-state index in [1.165, 1.54) is 11.8 Å². The highest BCUT2D eigenvalue weighted by molar-refractivity contribution is 7.99. The fourth-order valence-electron chi connectivity index (χ4n) is 2.79. The number of ether oxygens (including phenoxy) is 2. The van der Waals surface area contributed by atoms with Gasteiger partial charge in [0.25, 0.3) is 5.89 Å². The van der Waals surface area contributed by atoms with Gasteiger partial charge in [0.1, 0.15) is 10.8 Å². The Balaban J connectivity index is 1.45. The van der Waals surface area contributed by atoms with Crippen LogP contribution in [0, 0.1) is 0 Å². The van der Waals surface area contributed by atoms with Gasteiger partial charge in [-0.05, 0) is 43.3 Å². The third-order valence-corrected chi connectivity index (χ3v) is 5.20. The number of rotatable bonds is 8. The lowest BCUT2D eigenvalue weighted by molar-refractivity contribution is 0.0424. The van der Waals surface area contributed by atoms with Gasteiger partial charge in [-0.3, -0.25) is 0 Å². The molecule has 0 fully saturated rings. The molecule has 0 saturated heterocycles. The first-order valence-corrected chi connectivity index (χ1v) is 10.5. The first kappa shape index (κ1) is 20.6. The van der Waals surface area contributed by atoms with Crippen molar-refractivity contribution in [2.75, 3.05) is 6.61 Å². The van der Waals surface area contributed by atoms with Crippen LogP contribution in [0.4, 0.5) is 0 Å². The highest BCUT2D eigenvalue weighted by atomic mass is 32.2. The monoisotopic (exact) mass is 433 g/mol. The highest BCUT2D eigenvalue weighted by Gasteiger charge is 2.18. The molecule has 31 heavy (non-hydrogen) atoms. The van der Waals surface area contributed by atoms with Crippen LogP contribution in [0.25, 0.3) is 11.4 Å². The molecule has 0 N–H and O–H groups in total. The van der Waals surface area contributed by atoms with E-state index < -0.39 is 5.97 Å². The summed E-state index contributed by atoms with van der Waals surface area (Å²) in [6, 6.07) is 20.5. The summed E-state index contributed by atoms with van der Waals surface area (Å²) < 4.78 is 16.3. The standard InChI is InChI=1S/C23H19N3O4S/c1-2-28-19-13-7-6-11-17(19)21-25-20(30-26-21)15-29-23(27)18-12-8-14-24-22(18)31-16-9-4-3-5-10-16/h3-14H,2,15H2,1H3. The molecule has 0 aliphatic carbocycles. The lowest BCUT2D eigenvalue weighted by Crippen LogP contribution is -2.07. The van der Waals surface area contributed by atoms with Gasteiger partial charge in [0.15, 0.2) is 6.61 Å². The SMILES string of the molecule is CCOc1ccccc1-c1noc(COC(=O)c2cccnc2Sc2ccccc2)n1. The van der Waals surface area contributed by atoms with Crippen LogP contribution in [0.3, 0.4) is 0 Å². The topological polar surface area (TPSA) is 87.3 Å². The van der Waals surface area contributed by atoms with Crippen LogP contribution >= 0.6 is 11.8 Å². The van der Waals surface area contributed by atoms with Crippen LogP contribution in [0.1, 0.15) is 23.2 Å². The van der Waals surface area contributed by atoms with Crippen molar-refractivity contribution in [1.82, 2.24) is 15.1 Å². The number of esters is 1. The van der Waals surface area contributed by atoms with Gasteiger partial charge in [0, 0.05) is 11.1 Å². The van der Waals surface area contributed by atoms with Crippen molar-refractivity contribution in [2.24, 2.45) is 0 Å². The number of hydrogen-bond donors (Lipinski definition) is 0. The molecule has 0 saturated carbocycles. The number of aromatic nitrogens is 3. The highest BCUT2D eigenvalue weighted by Crippen LogP contribution is 2.29. The van der Waals surface area contributed by atoms with Gasteiger partial charge in [0.05, 0.1) is 17.7 Å². The fourth-order valence-corrected chi connectivity index (χ4v) is 3.68. The number of benzene rings is 2. The molecule has 8 heteroatoms. The summed E-state index contributed by atoms with van der Waals surface area (Å²) in [5, 5.41) is 4.54. The second kappa shape index (κ2) is 9.90. The Morgan fingerprint density at radius 3 is 2.68 bits per heavy atom. The molecule has 4 rings (SSSR count). The van der Waals surface area contributed by atoms with E-state index in [4.69, 9.17) is 14.0 Å². The number of carbonyl (C=O) groups excluding carboxylic acids is 1. The molecule has 0 radical (unpaired) electrons. The van der Waals surface area contributed by atoms with E-state index in [9.17, 15) is 4.79 Å². The number of carbonyl (C=O) groups is 1. The smallest absolute Gasteiger partial charge is 0.341 e. The number of para-hydroxylation sites is 1. The Kier molecular flexibility index (Phi) is 6.59.